The van der Waals surface area contributed by atoms with Crippen molar-refractivity contribution in [1.29, 1.82) is 0 Å². The molecule has 3 aromatic rings. The summed E-state index contributed by atoms with van der Waals surface area (Å²) in [5.41, 5.74) is 10.5. The Labute approximate surface area is 171 Å². The third-order valence-electron chi connectivity index (χ3n) is 5.31. The molecule has 1 fully saturated rings. The van der Waals surface area contributed by atoms with Gasteiger partial charge in [0.2, 0.25) is 5.91 Å². The topological polar surface area (TPSA) is 65.2 Å². The third-order valence-corrected chi connectivity index (χ3v) is 5.31. The van der Waals surface area contributed by atoms with Crippen molar-refractivity contribution in [3.05, 3.63) is 96.1 Å². The third kappa shape index (κ3) is 4.65. The number of nitrogens with one attached hydrogen (secondary N) is 4. The standard InChI is InChI=1S/C24H26N4O/c1-17(18-8-4-2-5-9-18)26-20-12-14-21(15-13-20)27-24(29)22-16-25-28-23(22)19-10-6-3-7-11-19/h2-15,17,22-23,25-26,28H,16H2,1H3,(H,27,29). The lowest BCUT2D eigenvalue weighted by molar-refractivity contribution is -0.119. The molecule has 0 spiro atoms. The molecule has 1 heterocycles. The highest BCUT2D eigenvalue weighted by Crippen LogP contribution is 2.26. The largest absolute Gasteiger partial charge is 0.379 e. The van der Waals surface area contributed by atoms with Gasteiger partial charge < -0.3 is 10.6 Å². The smallest absolute Gasteiger partial charge is 0.230 e. The highest BCUT2D eigenvalue weighted by molar-refractivity contribution is 5.93. The molecule has 0 aromatic heterocycles. The minimum atomic E-state index is -0.173. The Hall–Kier alpha value is -3.15. The number of hydrazine groups is 1. The Bertz CT molecular complexity index is 928. The molecule has 5 nitrogen and oxygen atoms in total. The maximum atomic E-state index is 12.8. The number of amides is 1. The molecule has 1 amide bonds. The Kier molecular flexibility index (Phi) is 5.89. The Morgan fingerprint density at radius 2 is 1.52 bits per heavy atom. The van der Waals surface area contributed by atoms with Crippen LogP contribution in [0.3, 0.4) is 0 Å². The summed E-state index contributed by atoms with van der Waals surface area (Å²) in [6, 6.07) is 28.4. The van der Waals surface area contributed by atoms with Crippen LogP contribution in [0.15, 0.2) is 84.9 Å². The molecule has 3 unspecified atom stereocenters. The fourth-order valence-corrected chi connectivity index (χ4v) is 3.68. The van der Waals surface area contributed by atoms with E-state index >= 15 is 0 Å². The summed E-state index contributed by atoms with van der Waals surface area (Å²) in [5.74, 6) is -0.164. The molecule has 1 aliphatic rings. The van der Waals surface area contributed by atoms with Crippen molar-refractivity contribution in [2.45, 2.75) is 19.0 Å². The number of hydrogen-bond donors (Lipinski definition) is 4. The van der Waals surface area contributed by atoms with Crippen molar-refractivity contribution in [2.24, 2.45) is 5.92 Å². The number of hydrogen-bond acceptors (Lipinski definition) is 4. The summed E-state index contributed by atoms with van der Waals surface area (Å²) in [5, 5.41) is 6.54. The molecule has 1 saturated heterocycles. The highest BCUT2D eigenvalue weighted by atomic mass is 16.2. The van der Waals surface area contributed by atoms with Crippen LogP contribution >= 0.6 is 0 Å². The molecule has 5 heteroatoms. The first-order chi connectivity index (χ1) is 14.2. The van der Waals surface area contributed by atoms with Gasteiger partial charge in [0.25, 0.3) is 0 Å². The quantitative estimate of drug-likeness (QED) is 0.511. The summed E-state index contributed by atoms with van der Waals surface area (Å²) in [4.78, 5) is 12.8. The monoisotopic (exact) mass is 386 g/mol. The van der Waals surface area contributed by atoms with Crippen LogP contribution in [0, 0.1) is 5.92 Å². The molecule has 29 heavy (non-hydrogen) atoms. The Balaban J connectivity index is 1.38. The molecule has 1 aliphatic heterocycles. The Morgan fingerprint density at radius 3 is 2.21 bits per heavy atom. The summed E-state index contributed by atoms with van der Waals surface area (Å²) in [6.07, 6.45) is 0. The lowest BCUT2D eigenvalue weighted by Crippen LogP contribution is -2.29. The minimum Gasteiger partial charge on any atom is -0.379 e. The molecule has 3 aromatic carbocycles. The van der Waals surface area contributed by atoms with Crippen LogP contribution in [0.25, 0.3) is 0 Å². The fraction of sp³-hybridized carbons (Fsp3) is 0.208. The average molecular weight is 386 g/mol. The summed E-state index contributed by atoms with van der Waals surface area (Å²) < 4.78 is 0. The van der Waals surface area contributed by atoms with Gasteiger partial charge in [0.15, 0.2) is 0 Å². The van der Waals surface area contributed by atoms with Crippen LogP contribution in [-0.2, 0) is 4.79 Å². The zero-order valence-corrected chi connectivity index (χ0v) is 16.4. The predicted molar refractivity (Wildman–Crippen MR) is 117 cm³/mol. The second kappa shape index (κ2) is 8.90. The first-order valence-electron chi connectivity index (χ1n) is 9.96. The van der Waals surface area contributed by atoms with Gasteiger partial charge in [-0.2, -0.15) is 0 Å². The van der Waals surface area contributed by atoms with Gasteiger partial charge in [0.1, 0.15) is 0 Å². The van der Waals surface area contributed by atoms with Crippen molar-refractivity contribution < 1.29 is 4.79 Å². The zero-order valence-electron chi connectivity index (χ0n) is 16.4. The van der Waals surface area contributed by atoms with E-state index in [2.05, 4.69) is 40.5 Å². The molecule has 4 rings (SSSR count). The van der Waals surface area contributed by atoms with Crippen LogP contribution in [0.2, 0.25) is 0 Å². The van der Waals surface area contributed by atoms with Crippen LogP contribution < -0.4 is 21.5 Å². The Morgan fingerprint density at radius 1 is 0.897 bits per heavy atom. The lowest BCUT2D eigenvalue weighted by Gasteiger charge is -2.19. The fourth-order valence-electron chi connectivity index (χ4n) is 3.68. The van der Waals surface area contributed by atoms with Gasteiger partial charge in [-0.1, -0.05) is 60.7 Å². The van der Waals surface area contributed by atoms with E-state index in [9.17, 15) is 4.79 Å². The predicted octanol–water partition coefficient (Wildman–Crippen LogP) is 4.26. The molecule has 4 N–H and O–H groups in total. The number of carbonyl (C=O) groups excluding carboxylic acids is 1. The summed E-state index contributed by atoms with van der Waals surface area (Å²) in [7, 11) is 0. The summed E-state index contributed by atoms with van der Waals surface area (Å²) in [6.45, 7) is 2.73. The number of rotatable bonds is 6. The van der Waals surface area contributed by atoms with Gasteiger partial charge in [-0.15, -0.1) is 0 Å². The van der Waals surface area contributed by atoms with E-state index in [-0.39, 0.29) is 23.9 Å². The van der Waals surface area contributed by atoms with E-state index in [0.29, 0.717) is 6.54 Å². The normalized spacial score (nSPS) is 19.5. The first kappa shape index (κ1) is 19.2. The van der Waals surface area contributed by atoms with Crippen LogP contribution in [-0.4, -0.2) is 12.5 Å². The zero-order chi connectivity index (χ0) is 20.1. The summed E-state index contributed by atoms with van der Waals surface area (Å²) >= 11 is 0. The molecular weight excluding hydrogens is 360 g/mol. The van der Waals surface area contributed by atoms with Crippen molar-refractivity contribution in [3.8, 4) is 0 Å². The molecular formula is C24H26N4O. The van der Waals surface area contributed by atoms with Gasteiger partial charge in [0.05, 0.1) is 12.0 Å². The van der Waals surface area contributed by atoms with E-state index in [1.807, 2.05) is 72.8 Å². The van der Waals surface area contributed by atoms with E-state index < -0.39 is 0 Å². The highest BCUT2D eigenvalue weighted by Gasteiger charge is 2.33. The van der Waals surface area contributed by atoms with E-state index in [4.69, 9.17) is 0 Å². The SMILES string of the molecule is CC(Nc1ccc(NC(=O)C2CNNC2c2ccccc2)cc1)c1ccccc1. The van der Waals surface area contributed by atoms with Gasteiger partial charge >= 0.3 is 0 Å². The van der Waals surface area contributed by atoms with Gasteiger partial charge in [-0.25, -0.2) is 5.43 Å². The van der Waals surface area contributed by atoms with Crippen molar-refractivity contribution >= 4 is 17.3 Å². The number of benzene rings is 3. The number of carbonyl (C=O) groups is 1. The minimum absolute atomic E-state index is 0.00900. The molecule has 148 valence electrons. The maximum Gasteiger partial charge on any atom is 0.230 e. The lowest BCUT2D eigenvalue weighted by atomic mass is 9.94. The first-order valence-corrected chi connectivity index (χ1v) is 9.96. The van der Waals surface area contributed by atoms with Crippen LogP contribution in [0.5, 0.6) is 0 Å². The van der Waals surface area contributed by atoms with E-state index in [1.54, 1.807) is 0 Å². The maximum absolute atomic E-state index is 12.8. The van der Waals surface area contributed by atoms with Gasteiger partial charge in [0, 0.05) is 24.0 Å². The second-order valence-electron chi connectivity index (χ2n) is 7.36. The van der Waals surface area contributed by atoms with Crippen molar-refractivity contribution in [1.82, 2.24) is 10.9 Å². The van der Waals surface area contributed by atoms with Gasteiger partial charge in [-0.3, -0.25) is 10.2 Å². The van der Waals surface area contributed by atoms with Crippen LogP contribution in [0.4, 0.5) is 11.4 Å². The molecule has 0 aliphatic carbocycles. The van der Waals surface area contributed by atoms with E-state index in [1.165, 1.54) is 5.56 Å². The molecule has 0 radical (unpaired) electrons. The average Bonchev–Trinajstić information content (AvgIpc) is 3.26. The second-order valence-corrected chi connectivity index (χ2v) is 7.36. The molecule has 0 saturated carbocycles. The molecule has 0 bridgehead atoms. The number of anilines is 2. The van der Waals surface area contributed by atoms with Crippen molar-refractivity contribution in [3.63, 3.8) is 0 Å². The molecule has 3 atom stereocenters. The van der Waals surface area contributed by atoms with E-state index in [0.717, 1.165) is 16.9 Å². The van der Waals surface area contributed by atoms with Crippen LogP contribution in [0.1, 0.15) is 30.1 Å². The van der Waals surface area contributed by atoms with Gasteiger partial charge in [-0.05, 0) is 42.3 Å². The van der Waals surface area contributed by atoms with Crippen molar-refractivity contribution in [2.75, 3.05) is 17.2 Å².